The van der Waals surface area contributed by atoms with Crippen LogP contribution in [0.25, 0.3) is 0 Å². The molecule has 0 bridgehead atoms. The molecule has 8 N–H and O–H groups in total. The van der Waals surface area contributed by atoms with Crippen LogP contribution in [-0.4, -0.2) is 65.0 Å². The molecule has 0 spiro atoms. The van der Waals surface area contributed by atoms with E-state index in [1.165, 1.54) is 7.11 Å². The summed E-state index contributed by atoms with van der Waals surface area (Å²) in [5.41, 5.74) is 4.82. The predicted molar refractivity (Wildman–Crippen MR) is 177 cm³/mol. The molecular weight excluding hydrogens is 667 g/mol. The zero-order valence-corrected chi connectivity index (χ0v) is 29.1. The number of hydrogen-bond donors (Lipinski definition) is 5. The van der Waals surface area contributed by atoms with Gasteiger partial charge in [0, 0.05) is 34.5 Å². The Morgan fingerprint density at radius 2 is 1.04 bits per heavy atom. The highest BCUT2D eigenvalue weighted by atomic mass is 35.5. The summed E-state index contributed by atoms with van der Waals surface area (Å²) in [6.07, 6.45) is -0.980. The van der Waals surface area contributed by atoms with E-state index in [1.807, 2.05) is 0 Å². The lowest BCUT2D eigenvalue weighted by atomic mass is 10.1. The van der Waals surface area contributed by atoms with Gasteiger partial charge in [-0.3, -0.25) is 4.79 Å². The minimum absolute atomic E-state index is 0. The van der Waals surface area contributed by atoms with Gasteiger partial charge in [-0.2, -0.15) is 0 Å². The van der Waals surface area contributed by atoms with Crippen molar-refractivity contribution in [3.63, 3.8) is 0 Å². The zero-order chi connectivity index (χ0) is 35.0. The Morgan fingerprint density at radius 1 is 0.739 bits per heavy atom. The summed E-state index contributed by atoms with van der Waals surface area (Å²) in [6, 6.07) is 11.9. The monoisotopic (exact) mass is 708 g/mol. The van der Waals surface area contributed by atoms with Crippen molar-refractivity contribution in [3.8, 4) is 0 Å². The molecule has 16 heteroatoms. The minimum Gasteiger partial charge on any atom is -0.480 e. The molecule has 0 aliphatic rings. The number of carbonyl (C=O) groups is 5. The normalized spacial score (nSPS) is 11.7. The Morgan fingerprint density at radius 3 is 1.30 bits per heavy atom. The van der Waals surface area contributed by atoms with Crippen LogP contribution in [0.1, 0.15) is 52.7 Å². The van der Waals surface area contributed by atoms with Gasteiger partial charge in [0.05, 0.1) is 7.11 Å². The first-order valence-corrected chi connectivity index (χ1v) is 14.5. The summed E-state index contributed by atoms with van der Waals surface area (Å²) in [7, 11) is 1.22. The number of amides is 3. The van der Waals surface area contributed by atoms with Gasteiger partial charge in [-0.05, 0) is 76.9 Å². The van der Waals surface area contributed by atoms with E-state index in [1.54, 1.807) is 90.1 Å². The Balaban J connectivity index is 0. The van der Waals surface area contributed by atoms with E-state index in [0.29, 0.717) is 10.0 Å². The van der Waals surface area contributed by atoms with Crippen molar-refractivity contribution in [1.82, 2.24) is 16.8 Å². The highest BCUT2D eigenvalue weighted by Gasteiger charge is 2.25. The number of alkyl carbamates (subject to hydrolysis) is 2. The lowest BCUT2D eigenvalue weighted by Gasteiger charge is -2.22. The summed E-state index contributed by atoms with van der Waals surface area (Å²) in [4.78, 5) is 55.2. The molecule has 0 saturated carbocycles. The van der Waals surface area contributed by atoms with E-state index >= 15 is 0 Å². The van der Waals surface area contributed by atoms with E-state index in [-0.39, 0.29) is 19.0 Å². The van der Waals surface area contributed by atoms with Gasteiger partial charge in [0.25, 0.3) is 0 Å². The van der Waals surface area contributed by atoms with Crippen molar-refractivity contribution in [2.45, 2.75) is 77.7 Å². The number of hydrogen-bond acceptors (Lipinski definition) is 9. The zero-order valence-electron chi connectivity index (χ0n) is 26.8. The second-order valence-corrected chi connectivity index (χ2v) is 12.4. The third-order valence-electron chi connectivity index (χ3n) is 4.89. The van der Waals surface area contributed by atoms with Crippen molar-refractivity contribution in [2.24, 2.45) is 5.73 Å². The van der Waals surface area contributed by atoms with Crippen LogP contribution >= 0.6 is 34.8 Å². The molecule has 2 aromatic rings. The molecule has 0 fully saturated rings. The van der Waals surface area contributed by atoms with Crippen LogP contribution < -0.4 is 22.5 Å². The maximum absolute atomic E-state index is 11.7. The van der Waals surface area contributed by atoms with Crippen LogP contribution in [0.2, 0.25) is 10.0 Å². The summed E-state index contributed by atoms with van der Waals surface area (Å²) in [5.74, 6) is -1.74. The van der Waals surface area contributed by atoms with Gasteiger partial charge in [-0.15, -0.1) is 0 Å². The Hall–Kier alpha value is -3.78. The van der Waals surface area contributed by atoms with Gasteiger partial charge in [-0.1, -0.05) is 47.5 Å². The first kappa shape index (κ1) is 44.3. The predicted octanol–water partition coefficient (Wildman–Crippen LogP) is 6.28. The maximum atomic E-state index is 11.7. The summed E-state index contributed by atoms with van der Waals surface area (Å²) >= 11 is 16.1. The molecule has 2 rings (SSSR count). The molecule has 0 unspecified atom stereocenters. The number of carbonyl (C=O) groups excluding carboxylic acids is 4. The minimum atomic E-state index is -1.12. The van der Waals surface area contributed by atoms with Crippen LogP contribution in [0.4, 0.5) is 14.4 Å². The van der Waals surface area contributed by atoms with Crippen molar-refractivity contribution in [2.75, 3.05) is 7.11 Å². The first-order chi connectivity index (χ1) is 20.6. The van der Waals surface area contributed by atoms with E-state index in [4.69, 9.17) is 43.5 Å². The van der Waals surface area contributed by atoms with Crippen LogP contribution in [0.5, 0.6) is 0 Å². The number of carboxylic acids is 1. The smallest absolute Gasteiger partial charge is 0.408 e. The van der Waals surface area contributed by atoms with Gasteiger partial charge in [0.15, 0.2) is 0 Å². The number of nitrogens with two attached hydrogens (primary N) is 1. The quantitative estimate of drug-likeness (QED) is 0.153. The lowest BCUT2D eigenvalue weighted by molar-refractivity contribution is -0.139. The Kier molecular flexibility index (Phi) is 20.3. The van der Waals surface area contributed by atoms with Gasteiger partial charge in [0.1, 0.15) is 23.3 Å². The molecule has 258 valence electrons. The number of benzene rings is 2. The molecule has 13 nitrogen and oxygen atoms in total. The molecule has 3 amide bonds. The SMILES string of the molecule is CC(C)(C)OC(=O)N[C@@H](Cc1ccc(Cl)cc1)C(=O)O.CC(C)(C)OC(=O)N[C@@H](Cc1ccc(Cl)cc1)C(N)=O.COC(=O)Cl.N. The molecule has 2 atom stereocenters. The van der Waals surface area contributed by atoms with Crippen molar-refractivity contribution < 1.29 is 43.3 Å². The van der Waals surface area contributed by atoms with Crippen molar-refractivity contribution >= 4 is 64.3 Å². The summed E-state index contributed by atoms with van der Waals surface area (Å²) < 4.78 is 14.0. The molecular formula is C30H43Cl3N4O9. The van der Waals surface area contributed by atoms with Crippen LogP contribution in [0.15, 0.2) is 48.5 Å². The number of halogens is 3. The molecule has 46 heavy (non-hydrogen) atoms. The first-order valence-electron chi connectivity index (χ1n) is 13.3. The highest BCUT2D eigenvalue weighted by molar-refractivity contribution is 6.61. The molecule has 0 radical (unpaired) electrons. The van der Waals surface area contributed by atoms with Crippen LogP contribution in [-0.2, 0) is 36.6 Å². The maximum Gasteiger partial charge on any atom is 0.408 e. The topological polar surface area (TPSA) is 218 Å². The van der Waals surface area contributed by atoms with Gasteiger partial charge >= 0.3 is 23.6 Å². The number of ether oxygens (including phenoxy) is 3. The number of nitrogens with one attached hydrogen (secondary N) is 2. The number of aliphatic carboxylic acids is 1. The van der Waals surface area contributed by atoms with Gasteiger partial charge in [-0.25, -0.2) is 19.2 Å². The molecule has 0 aliphatic heterocycles. The highest BCUT2D eigenvalue weighted by Crippen LogP contribution is 2.13. The standard InChI is InChI=1S/C14H19ClN2O3.C14H18ClNO4.C2H3ClO2.H3N/c1-14(2,3)20-13(19)17-11(12(16)18)8-9-4-6-10(15)7-5-9;1-14(2,3)20-13(19)16-11(12(17)18)8-9-4-6-10(15)7-5-9;1-5-2(3)4;/h4-7,11H,8H2,1-3H3,(H2,16,18)(H,17,19);4-7,11H,8H2,1-3H3,(H,16,19)(H,17,18);1H3;1H3/t2*11-;;/m00../s1. The Bertz CT molecular complexity index is 1170. The molecule has 0 saturated heterocycles. The second kappa shape index (κ2) is 21.1. The number of rotatable bonds is 8. The fraction of sp³-hybridized carbons (Fsp3) is 0.433. The average molecular weight is 710 g/mol. The molecule has 0 heterocycles. The number of methoxy groups -OCH3 is 1. The van der Waals surface area contributed by atoms with E-state index in [9.17, 15) is 24.0 Å². The van der Waals surface area contributed by atoms with Gasteiger partial charge < -0.3 is 41.8 Å². The lowest BCUT2D eigenvalue weighted by Crippen LogP contribution is -2.47. The van der Waals surface area contributed by atoms with Crippen LogP contribution in [0.3, 0.4) is 0 Å². The van der Waals surface area contributed by atoms with Crippen molar-refractivity contribution in [1.29, 1.82) is 0 Å². The van der Waals surface area contributed by atoms with E-state index in [2.05, 4.69) is 27.0 Å². The Labute approximate surface area is 283 Å². The largest absolute Gasteiger partial charge is 0.480 e. The fourth-order valence-corrected chi connectivity index (χ4v) is 3.29. The fourth-order valence-electron chi connectivity index (χ4n) is 3.03. The molecule has 0 aliphatic carbocycles. The summed E-state index contributed by atoms with van der Waals surface area (Å²) in [5, 5.41) is 15.1. The van der Waals surface area contributed by atoms with Gasteiger partial charge in [0.2, 0.25) is 5.91 Å². The molecule has 0 aromatic heterocycles. The van der Waals surface area contributed by atoms with Crippen molar-refractivity contribution in [3.05, 3.63) is 69.7 Å². The molecule has 2 aromatic carbocycles. The third-order valence-corrected chi connectivity index (χ3v) is 5.55. The van der Waals surface area contributed by atoms with Crippen LogP contribution in [0, 0.1) is 0 Å². The number of primary amides is 1. The summed E-state index contributed by atoms with van der Waals surface area (Å²) in [6.45, 7) is 10.4. The number of carboxylic acid groups (broad SMARTS) is 1. The third kappa shape index (κ3) is 22.7. The average Bonchev–Trinajstić information content (AvgIpc) is 2.89. The second-order valence-electron chi connectivity index (χ2n) is 11.2. The van der Waals surface area contributed by atoms with E-state index < -0.39 is 52.8 Å². The van der Waals surface area contributed by atoms with E-state index in [0.717, 1.165) is 11.1 Å².